The van der Waals surface area contributed by atoms with E-state index >= 15 is 0 Å². The average molecular weight is 465 g/mol. The number of aromatic nitrogens is 4. The van der Waals surface area contributed by atoms with Gasteiger partial charge in [0.2, 0.25) is 10.0 Å². The Morgan fingerprint density at radius 2 is 1.90 bits per heavy atom. The summed E-state index contributed by atoms with van der Waals surface area (Å²) in [4.78, 5) is 23.7. The largest absolute Gasteiger partial charge is 0.328 e. The third-order valence-corrected chi connectivity index (χ3v) is 7.25. The van der Waals surface area contributed by atoms with Gasteiger partial charge in [-0.2, -0.15) is 4.37 Å². The van der Waals surface area contributed by atoms with Crippen LogP contribution in [0.2, 0.25) is 0 Å². The van der Waals surface area contributed by atoms with Crippen LogP contribution < -0.4 is 4.31 Å². The van der Waals surface area contributed by atoms with E-state index in [1.807, 2.05) is 11.5 Å². The minimum atomic E-state index is -3.59. The third-order valence-electron chi connectivity index (χ3n) is 5.28. The summed E-state index contributed by atoms with van der Waals surface area (Å²) in [6, 6.07) is 4.89. The molecule has 1 aliphatic heterocycles. The minimum absolute atomic E-state index is 0.245. The first-order valence-corrected chi connectivity index (χ1v) is 12.1. The predicted octanol–water partition coefficient (Wildman–Crippen LogP) is 2.46. The first-order valence-electron chi connectivity index (χ1n) is 9.49. The SMILES string of the molecule is Cc1nsc(-c2nc(N(C)S(C)(=O)=O)c3n2CCN(C(=O)c2ccc(F)cc2)C3C)n1. The highest BCUT2D eigenvalue weighted by molar-refractivity contribution is 7.92. The van der Waals surface area contributed by atoms with Gasteiger partial charge in [-0.25, -0.2) is 22.8 Å². The van der Waals surface area contributed by atoms with E-state index in [0.717, 1.165) is 10.6 Å². The molecule has 12 heteroatoms. The van der Waals surface area contributed by atoms with E-state index in [4.69, 9.17) is 0 Å². The molecule has 0 saturated carbocycles. The van der Waals surface area contributed by atoms with Gasteiger partial charge in [0.05, 0.1) is 18.0 Å². The highest BCUT2D eigenvalue weighted by Gasteiger charge is 2.36. The van der Waals surface area contributed by atoms with Gasteiger partial charge in [0.25, 0.3) is 5.91 Å². The monoisotopic (exact) mass is 464 g/mol. The van der Waals surface area contributed by atoms with Crippen molar-refractivity contribution >= 4 is 33.3 Å². The molecule has 0 fully saturated rings. The van der Waals surface area contributed by atoms with Crippen molar-refractivity contribution in [1.82, 2.24) is 23.8 Å². The number of benzene rings is 1. The van der Waals surface area contributed by atoms with E-state index in [2.05, 4.69) is 14.3 Å². The lowest BCUT2D eigenvalue weighted by molar-refractivity contribution is 0.0645. The standard InChI is InChI=1S/C19H21FN6O3S2/c1-11-15-16(24(3)31(4,28)29)22-17(18-21-12(2)23-30-18)26(15)10-9-25(11)19(27)13-5-7-14(20)8-6-13/h5-8,11H,9-10H2,1-4H3. The molecule has 1 atom stereocenters. The fourth-order valence-corrected chi connectivity index (χ4v) is 4.73. The lowest BCUT2D eigenvalue weighted by Gasteiger charge is -2.36. The molecule has 3 heterocycles. The number of fused-ring (bicyclic) bond motifs is 1. The zero-order chi connectivity index (χ0) is 22.5. The van der Waals surface area contributed by atoms with Crippen molar-refractivity contribution in [2.24, 2.45) is 0 Å². The summed E-state index contributed by atoms with van der Waals surface area (Å²) in [6.07, 6.45) is 1.10. The molecule has 9 nitrogen and oxygen atoms in total. The Bertz CT molecular complexity index is 1250. The molecule has 0 N–H and O–H groups in total. The Balaban J connectivity index is 1.81. The van der Waals surface area contributed by atoms with Gasteiger partial charge in [0.15, 0.2) is 16.6 Å². The number of amides is 1. The highest BCUT2D eigenvalue weighted by Crippen LogP contribution is 2.38. The second-order valence-electron chi connectivity index (χ2n) is 7.35. The lowest BCUT2D eigenvalue weighted by Crippen LogP contribution is -2.42. The summed E-state index contributed by atoms with van der Waals surface area (Å²) in [7, 11) is -2.16. The van der Waals surface area contributed by atoms with E-state index < -0.39 is 21.9 Å². The molecule has 4 rings (SSSR count). The molecule has 31 heavy (non-hydrogen) atoms. The third kappa shape index (κ3) is 3.81. The summed E-state index contributed by atoms with van der Waals surface area (Å²) in [5.41, 5.74) is 0.955. The van der Waals surface area contributed by atoms with E-state index in [1.54, 1.807) is 11.8 Å². The Kier molecular flexibility index (Phi) is 5.30. The van der Waals surface area contributed by atoms with Gasteiger partial charge in [-0.1, -0.05) is 0 Å². The molecule has 1 unspecified atom stereocenters. The molecule has 0 aliphatic carbocycles. The maximum Gasteiger partial charge on any atom is 0.254 e. The van der Waals surface area contributed by atoms with Crippen LogP contribution in [0.3, 0.4) is 0 Å². The zero-order valence-corrected chi connectivity index (χ0v) is 19.0. The van der Waals surface area contributed by atoms with Gasteiger partial charge in [-0.3, -0.25) is 9.10 Å². The molecule has 0 saturated heterocycles. The molecule has 2 aromatic heterocycles. The summed E-state index contributed by atoms with van der Waals surface area (Å²) >= 11 is 1.19. The fourth-order valence-electron chi connectivity index (χ4n) is 3.62. The van der Waals surface area contributed by atoms with Gasteiger partial charge in [0.1, 0.15) is 11.6 Å². The van der Waals surface area contributed by atoms with Crippen LogP contribution in [0.5, 0.6) is 0 Å². The van der Waals surface area contributed by atoms with E-state index in [9.17, 15) is 17.6 Å². The fraction of sp³-hybridized carbons (Fsp3) is 0.368. The number of hydrogen-bond acceptors (Lipinski definition) is 7. The van der Waals surface area contributed by atoms with Gasteiger partial charge >= 0.3 is 0 Å². The van der Waals surface area contributed by atoms with Gasteiger partial charge in [-0.15, -0.1) is 0 Å². The van der Waals surface area contributed by atoms with Gasteiger partial charge < -0.3 is 9.47 Å². The molecule has 0 spiro atoms. The maximum absolute atomic E-state index is 13.3. The van der Waals surface area contributed by atoms with Crippen molar-refractivity contribution in [3.63, 3.8) is 0 Å². The molecule has 0 bridgehead atoms. The van der Waals surface area contributed by atoms with E-state index in [0.29, 0.717) is 41.0 Å². The van der Waals surface area contributed by atoms with Crippen LogP contribution in [-0.2, 0) is 16.6 Å². The maximum atomic E-state index is 13.3. The normalized spacial score (nSPS) is 16.3. The molecular weight excluding hydrogens is 443 g/mol. The second-order valence-corrected chi connectivity index (χ2v) is 10.1. The topological polar surface area (TPSA) is 101 Å². The number of imidazole rings is 1. The Hall–Kier alpha value is -2.86. The Morgan fingerprint density at radius 1 is 1.23 bits per heavy atom. The summed E-state index contributed by atoms with van der Waals surface area (Å²) in [5, 5.41) is 0.581. The average Bonchev–Trinajstić information content (AvgIpc) is 3.31. The van der Waals surface area contributed by atoms with Crippen LogP contribution in [0.1, 0.15) is 34.8 Å². The smallest absolute Gasteiger partial charge is 0.254 e. The molecule has 1 aromatic carbocycles. The van der Waals surface area contributed by atoms with Crippen LogP contribution in [0, 0.1) is 12.7 Å². The lowest BCUT2D eigenvalue weighted by atomic mass is 10.1. The number of carbonyl (C=O) groups is 1. The number of aryl methyl sites for hydroxylation is 1. The van der Waals surface area contributed by atoms with Crippen molar-refractivity contribution in [3.8, 4) is 10.8 Å². The number of sulfonamides is 1. The van der Waals surface area contributed by atoms with Crippen molar-refractivity contribution in [1.29, 1.82) is 0 Å². The molecular formula is C19H21FN6O3S2. The first kappa shape index (κ1) is 21.4. The van der Waals surface area contributed by atoms with E-state index in [-0.39, 0.29) is 11.7 Å². The highest BCUT2D eigenvalue weighted by atomic mass is 32.2. The minimum Gasteiger partial charge on any atom is -0.328 e. The number of carbonyl (C=O) groups excluding carboxylic acids is 1. The summed E-state index contributed by atoms with van der Waals surface area (Å²) in [5.74, 6) is 0.685. The van der Waals surface area contributed by atoms with Crippen molar-refractivity contribution < 1.29 is 17.6 Å². The second kappa shape index (κ2) is 7.68. The number of nitrogens with zero attached hydrogens (tertiary/aromatic N) is 6. The van der Waals surface area contributed by atoms with Crippen LogP contribution in [0.15, 0.2) is 24.3 Å². The number of rotatable bonds is 4. The van der Waals surface area contributed by atoms with Crippen LogP contribution in [0.4, 0.5) is 10.2 Å². The van der Waals surface area contributed by atoms with Crippen molar-refractivity contribution in [2.45, 2.75) is 26.4 Å². The Labute approximate surface area is 183 Å². The van der Waals surface area contributed by atoms with Crippen LogP contribution in [0.25, 0.3) is 10.8 Å². The first-order chi connectivity index (χ1) is 14.6. The zero-order valence-electron chi connectivity index (χ0n) is 17.4. The molecule has 164 valence electrons. The summed E-state index contributed by atoms with van der Waals surface area (Å²) < 4.78 is 45.0. The van der Waals surface area contributed by atoms with Crippen LogP contribution >= 0.6 is 11.5 Å². The number of hydrogen-bond donors (Lipinski definition) is 0. The number of halogens is 1. The molecule has 3 aromatic rings. The predicted molar refractivity (Wildman–Crippen MR) is 115 cm³/mol. The molecule has 1 aliphatic rings. The Morgan fingerprint density at radius 3 is 2.48 bits per heavy atom. The molecule has 1 amide bonds. The van der Waals surface area contributed by atoms with Gasteiger partial charge in [0, 0.05) is 25.7 Å². The molecule has 0 radical (unpaired) electrons. The quantitative estimate of drug-likeness (QED) is 0.588. The van der Waals surface area contributed by atoms with E-state index in [1.165, 1.54) is 42.8 Å². The van der Waals surface area contributed by atoms with Crippen molar-refractivity contribution in [3.05, 3.63) is 47.2 Å². The van der Waals surface area contributed by atoms with Crippen molar-refractivity contribution in [2.75, 3.05) is 24.2 Å². The summed E-state index contributed by atoms with van der Waals surface area (Å²) in [6.45, 7) is 4.39. The number of anilines is 1. The van der Waals surface area contributed by atoms with Gasteiger partial charge in [-0.05, 0) is 49.6 Å². The van der Waals surface area contributed by atoms with Crippen LogP contribution in [-0.4, -0.2) is 58.0 Å².